The van der Waals surface area contributed by atoms with Crippen LogP contribution in [0.4, 0.5) is 0 Å². The van der Waals surface area contributed by atoms with Gasteiger partial charge in [0, 0.05) is 17.0 Å². The summed E-state index contributed by atoms with van der Waals surface area (Å²) in [6.45, 7) is 1.36. The van der Waals surface area contributed by atoms with Crippen molar-refractivity contribution in [2.24, 2.45) is 0 Å². The molecule has 0 bridgehead atoms. The van der Waals surface area contributed by atoms with Gasteiger partial charge in [-0.05, 0) is 18.2 Å². The number of carbonyl (C=O) groups is 1. The monoisotopic (exact) mass is 220 g/mol. The quantitative estimate of drug-likeness (QED) is 0.629. The zero-order chi connectivity index (χ0) is 10.3. The van der Waals surface area contributed by atoms with E-state index in [0.717, 1.165) is 0 Å². The first kappa shape index (κ1) is 12.3. The number of methoxy groups -OCH3 is 1. The molecule has 4 heteroatoms. The molecule has 72 valence electrons. The SMILES string of the molecule is COC(C)=O.Clc1cccc(Cl)c1. The number of hydrogen-bond acceptors (Lipinski definition) is 2. The van der Waals surface area contributed by atoms with Gasteiger partial charge < -0.3 is 4.74 Å². The first-order valence-corrected chi connectivity index (χ1v) is 4.27. The fourth-order valence-electron chi connectivity index (χ4n) is 0.460. The van der Waals surface area contributed by atoms with E-state index >= 15 is 0 Å². The van der Waals surface area contributed by atoms with Crippen LogP contribution in [0.2, 0.25) is 10.0 Å². The lowest BCUT2D eigenvalue weighted by atomic mass is 10.4. The van der Waals surface area contributed by atoms with E-state index in [-0.39, 0.29) is 5.97 Å². The summed E-state index contributed by atoms with van der Waals surface area (Å²) in [6, 6.07) is 7.08. The van der Waals surface area contributed by atoms with Crippen LogP contribution in [0.15, 0.2) is 24.3 Å². The summed E-state index contributed by atoms with van der Waals surface area (Å²) in [5, 5.41) is 1.36. The zero-order valence-corrected chi connectivity index (χ0v) is 8.89. The van der Waals surface area contributed by atoms with E-state index < -0.39 is 0 Å². The molecular formula is C9H10Cl2O2. The van der Waals surface area contributed by atoms with Crippen LogP contribution in [0, 0.1) is 0 Å². The summed E-state index contributed by atoms with van der Waals surface area (Å²) in [5.74, 6) is -0.245. The van der Waals surface area contributed by atoms with Gasteiger partial charge in [0.05, 0.1) is 7.11 Å². The summed E-state index contributed by atoms with van der Waals surface area (Å²) in [4.78, 5) is 9.59. The van der Waals surface area contributed by atoms with Crippen molar-refractivity contribution in [1.29, 1.82) is 0 Å². The number of rotatable bonds is 0. The van der Waals surface area contributed by atoms with Gasteiger partial charge in [0.1, 0.15) is 0 Å². The van der Waals surface area contributed by atoms with Crippen molar-refractivity contribution in [3.05, 3.63) is 34.3 Å². The molecule has 0 fully saturated rings. The van der Waals surface area contributed by atoms with Gasteiger partial charge in [-0.1, -0.05) is 29.3 Å². The number of hydrogen-bond donors (Lipinski definition) is 0. The fourth-order valence-corrected chi connectivity index (χ4v) is 0.896. The molecule has 0 atom stereocenters. The number of ether oxygens (including phenoxy) is 1. The molecule has 0 aromatic heterocycles. The predicted octanol–water partition coefficient (Wildman–Crippen LogP) is 3.17. The van der Waals surface area contributed by atoms with Crippen molar-refractivity contribution in [1.82, 2.24) is 0 Å². The minimum Gasteiger partial charge on any atom is -0.469 e. The van der Waals surface area contributed by atoms with Gasteiger partial charge in [0.15, 0.2) is 0 Å². The van der Waals surface area contributed by atoms with Crippen LogP contribution >= 0.6 is 23.2 Å². The Labute approximate surface area is 87.4 Å². The Morgan fingerprint density at radius 3 is 1.85 bits per heavy atom. The molecule has 0 aliphatic carbocycles. The van der Waals surface area contributed by atoms with E-state index in [4.69, 9.17) is 23.2 Å². The highest BCUT2D eigenvalue weighted by Crippen LogP contribution is 2.13. The molecule has 0 saturated heterocycles. The molecule has 1 rings (SSSR count). The van der Waals surface area contributed by atoms with Crippen molar-refractivity contribution in [3.8, 4) is 0 Å². The van der Waals surface area contributed by atoms with Crippen LogP contribution in [0.1, 0.15) is 6.92 Å². The predicted molar refractivity (Wildman–Crippen MR) is 54.2 cm³/mol. The average Bonchev–Trinajstić information content (AvgIpc) is 2.05. The van der Waals surface area contributed by atoms with Crippen LogP contribution < -0.4 is 0 Å². The van der Waals surface area contributed by atoms with E-state index in [1.54, 1.807) is 18.2 Å². The third kappa shape index (κ3) is 7.62. The molecule has 2 nitrogen and oxygen atoms in total. The molecule has 0 aliphatic heterocycles. The lowest BCUT2D eigenvalue weighted by Crippen LogP contribution is -1.88. The highest BCUT2D eigenvalue weighted by molar-refractivity contribution is 6.34. The standard InChI is InChI=1S/C6H4Cl2.C3H6O2/c7-5-2-1-3-6(8)4-5;1-3(4)5-2/h1-4H;1-2H3. The van der Waals surface area contributed by atoms with Crippen molar-refractivity contribution in [3.63, 3.8) is 0 Å². The molecule has 0 spiro atoms. The lowest BCUT2D eigenvalue weighted by Gasteiger charge is -1.86. The van der Waals surface area contributed by atoms with Crippen molar-refractivity contribution in [2.75, 3.05) is 7.11 Å². The summed E-state index contributed by atoms with van der Waals surface area (Å²) in [6.07, 6.45) is 0. The summed E-state index contributed by atoms with van der Waals surface area (Å²) in [5.41, 5.74) is 0. The first-order valence-electron chi connectivity index (χ1n) is 3.52. The second-order valence-electron chi connectivity index (χ2n) is 2.14. The Balaban J connectivity index is 0.000000252. The largest absolute Gasteiger partial charge is 0.469 e. The highest BCUT2D eigenvalue weighted by Gasteiger charge is 1.85. The van der Waals surface area contributed by atoms with Crippen LogP contribution in [-0.2, 0) is 9.53 Å². The molecular weight excluding hydrogens is 211 g/mol. The second kappa shape index (κ2) is 6.75. The highest BCUT2D eigenvalue weighted by atomic mass is 35.5. The van der Waals surface area contributed by atoms with Crippen LogP contribution in [0.3, 0.4) is 0 Å². The van der Waals surface area contributed by atoms with Crippen molar-refractivity contribution in [2.45, 2.75) is 6.92 Å². The summed E-state index contributed by atoms with van der Waals surface area (Å²) < 4.78 is 4.11. The fraction of sp³-hybridized carbons (Fsp3) is 0.222. The molecule has 1 aromatic rings. The smallest absolute Gasteiger partial charge is 0.302 e. The van der Waals surface area contributed by atoms with Crippen molar-refractivity contribution >= 4 is 29.2 Å². The Morgan fingerprint density at radius 2 is 1.69 bits per heavy atom. The van der Waals surface area contributed by atoms with Crippen LogP contribution in [0.5, 0.6) is 0 Å². The molecule has 0 amide bonds. The maximum atomic E-state index is 9.59. The zero-order valence-electron chi connectivity index (χ0n) is 7.38. The molecule has 1 aromatic carbocycles. The normalized spacial score (nSPS) is 8.31. The molecule has 0 aliphatic rings. The lowest BCUT2D eigenvalue weighted by molar-refractivity contribution is -0.137. The average molecular weight is 221 g/mol. The van der Waals surface area contributed by atoms with E-state index in [1.807, 2.05) is 6.07 Å². The summed E-state index contributed by atoms with van der Waals surface area (Å²) >= 11 is 11.1. The minimum absolute atomic E-state index is 0.245. The topological polar surface area (TPSA) is 26.3 Å². The Kier molecular flexibility index (Phi) is 6.37. The van der Waals surface area contributed by atoms with E-state index in [1.165, 1.54) is 14.0 Å². The van der Waals surface area contributed by atoms with E-state index in [9.17, 15) is 4.79 Å². The minimum atomic E-state index is -0.245. The van der Waals surface area contributed by atoms with Gasteiger partial charge in [-0.3, -0.25) is 4.79 Å². The maximum absolute atomic E-state index is 9.59. The van der Waals surface area contributed by atoms with Crippen molar-refractivity contribution < 1.29 is 9.53 Å². The molecule has 0 unspecified atom stereocenters. The van der Waals surface area contributed by atoms with Gasteiger partial charge in [-0.15, -0.1) is 0 Å². The maximum Gasteiger partial charge on any atom is 0.302 e. The first-order chi connectivity index (χ1) is 6.06. The van der Waals surface area contributed by atoms with Gasteiger partial charge in [-0.25, -0.2) is 0 Å². The molecule has 0 saturated carbocycles. The van der Waals surface area contributed by atoms with Crippen LogP contribution in [-0.4, -0.2) is 13.1 Å². The van der Waals surface area contributed by atoms with Gasteiger partial charge in [0.25, 0.3) is 0 Å². The Bertz CT molecular complexity index is 257. The number of carbonyl (C=O) groups excluding carboxylic acids is 1. The number of esters is 1. The molecule has 0 radical (unpaired) electrons. The Morgan fingerprint density at radius 1 is 1.31 bits per heavy atom. The third-order valence-corrected chi connectivity index (χ3v) is 1.54. The molecule has 0 heterocycles. The van der Waals surface area contributed by atoms with Gasteiger partial charge >= 0.3 is 5.97 Å². The van der Waals surface area contributed by atoms with E-state index in [2.05, 4.69) is 4.74 Å². The summed E-state index contributed by atoms with van der Waals surface area (Å²) in [7, 11) is 1.35. The Hall–Kier alpha value is -0.730. The molecule has 0 N–H and O–H groups in total. The molecule has 13 heavy (non-hydrogen) atoms. The number of halogens is 2. The van der Waals surface area contributed by atoms with Gasteiger partial charge in [0.2, 0.25) is 0 Å². The van der Waals surface area contributed by atoms with E-state index in [0.29, 0.717) is 10.0 Å². The second-order valence-corrected chi connectivity index (χ2v) is 3.01. The third-order valence-electron chi connectivity index (χ3n) is 1.07. The number of benzene rings is 1. The van der Waals surface area contributed by atoms with Crippen LogP contribution in [0.25, 0.3) is 0 Å². The van der Waals surface area contributed by atoms with Gasteiger partial charge in [-0.2, -0.15) is 0 Å².